The van der Waals surface area contributed by atoms with Gasteiger partial charge in [-0.1, -0.05) is 0 Å². The van der Waals surface area contributed by atoms with Crippen molar-refractivity contribution in [2.45, 2.75) is 51.4 Å². The van der Waals surface area contributed by atoms with E-state index < -0.39 is 0 Å². The standard InChI is InChI=1S/C12H24O4/c1-3-14-12(10(2)15-8-6-13)9-11-5-4-7-16-11/h10-13H,3-9H2,1-2H3. The van der Waals surface area contributed by atoms with Gasteiger partial charge in [0.25, 0.3) is 0 Å². The van der Waals surface area contributed by atoms with E-state index in [2.05, 4.69) is 0 Å². The van der Waals surface area contributed by atoms with Gasteiger partial charge in [-0.3, -0.25) is 0 Å². The van der Waals surface area contributed by atoms with Crippen LogP contribution in [-0.2, 0) is 14.2 Å². The van der Waals surface area contributed by atoms with Crippen LogP contribution in [0.5, 0.6) is 0 Å². The topological polar surface area (TPSA) is 47.9 Å². The first kappa shape index (κ1) is 13.9. The molecule has 0 amide bonds. The summed E-state index contributed by atoms with van der Waals surface area (Å²) in [5, 5.41) is 8.72. The van der Waals surface area contributed by atoms with Gasteiger partial charge in [-0.2, -0.15) is 0 Å². The molecule has 3 atom stereocenters. The van der Waals surface area contributed by atoms with Gasteiger partial charge in [0.2, 0.25) is 0 Å². The number of aliphatic hydroxyl groups is 1. The maximum atomic E-state index is 8.72. The second-order valence-electron chi connectivity index (χ2n) is 4.16. The number of hydrogen-bond acceptors (Lipinski definition) is 4. The summed E-state index contributed by atoms with van der Waals surface area (Å²) in [5.41, 5.74) is 0. The van der Waals surface area contributed by atoms with Crippen molar-refractivity contribution in [3.05, 3.63) is 0 Å². The number of rotatable bonds is 8. The molecule has 1 rings (SSSR count). The predicted molar refractivity (Wildman–Crippen MR) is 61.5 cm³/mol. The van der Waals surface area contributed by atoms with E-state index in [0.717, 1.165) is 25.9 Å². The summed E-state index contributed by atoms with van der Waals surface area (Å²) in [6, 6.07) is 0. The van der Waals surface area contributed by atoms with Crippen molar-refractivity contribution >= 4 is 0 Å². The molecule has 4 nitrogen and oxygen atoms in total. The minimum absolute atomic E-state index is 0.0105. The third-order valence-corrected chi connectivity index (χ3v) is 2.90. The normalized spacial score (nSPS) is 24.6. The van der Waals surface area contributed by atoms with Crippen molar-refractivity contribution in [3.8, 4) is 0 Å². The molecule has 1 aliphatic heterocycles. The van der Waals surface area contributed by atoms with Crippen molar-refractivity contribution in [3.63, 3.8) is 0 Å². The Bertz CT molecular complexity index is 168. The largest absolute Gasteiger partial charge is 0.394 e. The zero-order chi connectivity index (χ0) is 11.8. The molecule has 1 aliphatic rings. The highest BCUT2D eigenvalue weighted by Gasteiger charge is 2.25. The summed E-state index contributed by atoms with van der Waals surface area (Å²) in [6.45, 7) is 5.96. The summed E-state index contributed by atoms with van der Waals surface area (Å²) in [7, 11) is 0. The molecule has 1 fully saturated rings. The summed E-state index contributed by atoms with van der Waals surface area (Å²) in [6.07, 6.45) is 3.55. The molecule has 0 bridgehead atoms. The minimum atomic E-state index is 0.0105. The summed E-state index contributed by atoms with van der Waals surface area (Å²) in [5.74, 6) is 0. The molecule has 0 saturated carbocycles. The van der Waals surface area contributed by atoms with Gasteiger partial charge in [-0.15, -0.1) is 0 Å². The van der Waals surface area contributed by atoms with Gasteiger partial charge in [-0.05, 0) is 26.7 Å². The Labute approximate surface area is 97.9 Å². The third-order valence-electron chi connectivity index (χ3n) is 2.90. The first-order chi connectivity index (χ1) is 7.77. The average Bonchev–Trinajstić information content (AvgIpc) is 2.78. The summed E-state index contributed by atoms with van der Waals surface area (Å²) >= 11 is 0. The maximum absolute atomic E-state index is 8.72. The third kappa shape index (κ3) is 4.78. The van der Waals surface area contributed by atoms with E-state index in [-0.39, 0.29) is 18.8 Å². The van der Waals surface area contributed by atoms with Gasteiger partial charge in [0, 0.05) is 19.6 Å². The van der Waals surface area contributed by atoms with Gasteiger partial charge in [-0.25, -0.2) is 0 Å². The second-order valence-corrected chi connectivity index (χ2v) is 4.16. The second kappa shape index (κ2) is 8.01. The monoisotopic (exact) mass is 232 g/mol. The highest BCUT2D eigenvalue weighted by Crippen LogP contribution is 2.20. The Morgan fingerprint density at radius 2 is 2.25 bits per heavy atom. The first-order valence-corrected chi connectivity index (χ1v) is 6.23. The Hall–Kier alpha value is -0.160. The molecule has 3 unspecified atom stereocenters. The van der Waals surface area contributed by atoms with Crippen LogP contribution in [0.25, 0.3) is 0 Å². The van der Waals surface area contributed by atoms with E-state index in [0.29, 0.717) is 19.3 Å². The van der Waals surface area contributed by atoms with Crippen LogP contribution in [0.4, 0.5) is 0 Å². The summed E-state index contributed by atoms with van der Waals surface area (Å²) in [4.78, 5) is 0. The Morgan fingerprint density at radius 1 is 1.44 bits per heavy atom. The fourth-order valence-corrected chi connectivity index (χ4v) is 2.04. The van der Waals surface area contributed by atoms with Gasteiger partial charge < -0.3 is 19.3 Å². The lowest BCUT2D eigenvalue weighted by Gasteiger charge is -2.26. The minimum Gasteiger partial charge on any atom is -0.394 e. The Balaban J connectivity index is 2.32. The van der Waals surface area contributed by atoms with Crippen LogP contribution < -0.4 is 0 Å². The molecule has 4 heteroatoms. The van der Waals surface area contributed by atoms with Gasteiger partial charge >= 0.3 is 0 Å². The van der Waals surface area contributed by atoms with Crippen molar-refractivity contribution in [1.29, 1.82) is 0 Å². The first-order valence-electron chi connectivity index (χ1n) is 6.23. The average molecular weight is 232 g/mol. The highest BCUT2D eigenvalue weighted by molar-refractivity contribution is 4.75. The van der Waals surface area contributed by atoms with Gasteiger partial charge in [0.15, 0.2) is 0 Å². The van der Waals surface area contributed by atoms with E-state index in [1.54, 1.807) is 0 Å². The Morgan fingerprint density at radius 3 is 2.81 bits per heavy atom. The van der Waals surface area contributed by atoms with Crippen LogP contribution >= 0.6 is 0 Å². The van der Waals surface area contributed by atoms with Gasteiger partial charge in [0.05, 0.1) is 31.5 Å². The molecule has 16 heavy (non-hydrogen) atoms. The summed E-state index contributed by atoms with van der Waals surface area (Å²) < 4.78 is 16.8. The van der Waals surface area contributed by atoms with Crippen molar-refractivity contribution in [2.24, 2.45) is 0 Å². The fraction of sp³-hybridized carbons (Fsp3) is 1.00. The zero-order valence-electron chi connectivity index (χ0n) is 10.4. The molecular weight excluding hydrogens is 208 g/mol. The van der Waals surface area contributed by atoms with E-state index in [9.17, 15) is 0 Å². The van der Waals surface area contributed by atoms with Crippen LogP contribution in [0, 0.1) is 0 Å². The van der Waals surface area contributed by atoms with Crippen LogP contribution in [0.1, 0.15) is 33.1 Å². The van der Waals surface area contributed by atoms with Gasteiger partial charge in [0.1, 0.15) is 0 Å². The number of hydrogen-bond donors (Lipinski definition) is 1. The smallest absolute Gasteiger partial charge is 0.0858 e. The molecule has 0 aromatic heterocycles. The van der Waals surface area contributed by atoms with Crippen LogP contribution in [0.2, 0.25) is 0 Å². The molecule has 0 aromatic rings. The molecule has 1 saturated heterocycles. The quantitative estimate of drug-likeness (QED) is 0.686. The van der Waals surface area contributed by atoms with Crippen LogP contribution in [0.3, 0.4) is 0 Å². The van der Waals surface area contributed by atoms with E-state index in [1.807, 2.05) is 13.8 Å². The van der Waals surface area contributed by atoms with Crippen LogP contribution in [0.15, 0.2) is 0 Å². The molecule has 0 aliphatic carbocycles. The highest BCUT2D eigenvalue weighted by atomic mass is 16.5. The molecule has 0 aromatic carbocycles. The molecule has 0 radical (unpaired) electrons. The number of ether oxygens (including phenoxy) is 3. The molecule has 1 heterocycles. The zero-order valence-corrected chi connectivity index (χ0v) is 10.4. The van der Waals surface area contributed by atoms with E-state index in [1.165, 1.54) is 0 Å². The molecular formula is C12H24O4. The molecule has 96 valence electrons. The van der Waals surface area contributed by atoms with Crippen molar-refractivity contribution in [2.75, 3.05) is 26.4 Å². The lowest BCUT2D eigenvalue weighted by atomic mass is 10.1. The van der Waals surface area contributed by atoms with Crippen molar-refractivity contribution < 1.29 is 19.3 Å². The molecule has 1 N–H and O–H groups in total. The lowest BCUT2D eigenvalue weighted by Crippen LogP contribution is -2.33. The Kier molecular flexibility index (Phi) is 6.96. The molecule has 0 spiro atoms. The predicted octanol–water partition coefficient (Wildman–Crippen LogP) is 1.36. The van der Waals surface area contributed by atoms with E-state index in [4.69, 9.17) is 19.3 Å². The fourth-order valence-electron chi connectivity index (χ4n) is 2.04. The number of aliphatic hydroxyl groups excluding tert-OH is 1. The SMILES string of the molecule is CCOC(CC1CCCO1)C(C)OCCO. The van der Waals surface area contributed by atoms with E-state index >= 15 is 0 Å². The van der Waals surface area contributed by atoms with Crippen LogP contribution in [-0.4, -0.2) is 49.8 Å². The lowest BCUT2D eigenvalue weighted by molar-refractivity contribution is -0.0857. The van der Waals surface area contributed by atoms with Crippen molar-refractivity contribution in [1.82, 2.24) is 0 Å². The maximum Gasteiger partial charge on any atom is 0.0858 e.